The van der Waals surface area contributed by atoms with Crippen molar-refractivity contribution in [1.82, 2.24) is 14.8 Å². The number of carbonyl (C=O) groups is 1. The lowest BCUT2D eigenvalue weighted by Crippen LogP contribution is -2.16. The topological polar surface area (TPSA) is 59.8 Å². The molecular weight excluding hydrogens is 376 g/mol. The molecule has 0 unspecified atom stereocenters. The van der Waals surface area contributed by atoms with Crippen LogP contribution in [0.15, 0.2) is 40.9 Å². The highest BCUT2D eigenvalue weighted by atomic mass is 32.2. The number of rotatable bonds is 7. The quantitative estimate of drug-likeness (QED) is 0.590. The van der Waals surface area contributed by atoms with Crippen LogP contribution in [0.25, 0.3) is 0 Å². The number of thioether (sulfide) groups is 1. The van der Waals surface area contributed by atoms with Crippen LogP contribution in [0.2, 0.25) is 0 Å². The highest BCUT2D eigenvalue weighted by Gasteiger charge is 2.30. The molecule has 1 N–H and O–H groups in total. The predicted molar refractivity (Wildman–Crippen MR) is 111 cm³/mol. The number of anilines is 1. The average Bonchev–Trinajstić information content (AvgIpc) is 3.20. The molecule has 0 radical (unpaired) electrons. The minimum absolute atomic E-state index is 0.0115. The van der Waals surface area contributed by atoms with Gasteiger partial charge in [0.05, 0.1) is 5.75 Å². The summed E-state index contributed by atoms with van der Waals surface area (Å²) in [6, 6.07) is 10.7. The monoisotopic (exact) mass is 398 g/mol. The fourth-order valence-corrected chi connectivity index (χ4v) is 4.64. The molecule has 0 bridgehead atoms. The molecule has 5 nitrogen and oxygen atoms in total. The second-order valence-corrected chi connectivity index (χ2v) is 8.83. The zero-order valence-electron chi connectivity index (χ0n) is 15.4. The number of nitrogens with zero attached hydrogens (tertiary/aromatic N) is 3. The summed E-state index contributed by atoms with van der Waals surface area (Å²) in [5.41, 5.74) is 3.06. The lowest BCUT2D eigenvalue weighted by molar-refractivity contribution is -0.113. The third-order valence-corrected chi connectivity index (χ3v) is 6.46. The Morgan fingerprint density at radius 1 is 1.22 bits per heavy atom. The van der Waals surface area contributed by atoms with Crippen LogP contribution in [-0.4, -0.2) is 26.4 Å². The van der Waals surface area contributed by atoms with Crippen LogP contribution >= 0.6 is 23.1 Å². The van der Waals surface area contributed by atoms with Gasteiger partial charge in [-0.25, -0.2) is 0 Å². The maximum absolute atomic E-state index is 12.5. The van der Waals surface area contributed by atoms with E-state index in [1.807, 2.05) is 32.0 Å². The summed E-state index contributed by atoms with van der Waals surface area (Å²) in [6.07, 6.45) is 3.13. The van der Waals surface area contributed by atoms with E-state index in [0.717, 1.165) is 47.1 Å². The van der Waals surface area contributed by atoms with Crippen molar-refractivity contribution < 1.29 is 4.79 Å². The summed E-state index contributed by atoms with van der Waals surface area (Å²) in [6.45, 7) is 4.02. The lowest BCUT2D eigenvalue weighted by atomic mass is 10.1. The van der Waals surface area contributed by atoms with Crippen LogP contribution in [-0.2, 0) is 11.2 Å². The fraction of sp³-hybridized carbons (Fsp3) is 0.350. The molecule has 3 aromatic rings. The summed E-state index contributed by atoms with van der Waals surface area (Å²) < 4.78 is 2.23. The van der Waals surface area contributed by atoms with Crippen LogP contribution in [0.1, 0.15) is 40.7 Å². The van der Waals surface area contributed by atoms with Crippen molar-refractivity contribution in [2.45, 2.75) is 44.3 Å². The van der Waals surface area contributed by atoms with E-state index in [9.17, 15) is 4.79 Å². The van der Waals surface area contributed by atoms with Gasteiger partial charge in [-0.15, -0.1) is 21.5 Å². The molecule has 1 saturated carbocycles. The number of hydrogen-bond donors (Lipinski definition) is 1. The normalized spacial score (nSPS) is 13.7. The highest BCUT2D eigenvalue weighted by Crippen LogP contribution is 2.39. The molecule has 1 aliphatic carbocycles. The largest absolute Gasteiger partial charge is 0.325 e. The maximum atomic E-state index is 12.5. The first kappa shape index (κ1) is 18.3. The molecule has 4 rings (SSSR count). The maximum Gasteiger partial charge on any atom is 0.234 e. The van der Waals surface area contributed by atoms with Gasteiger partial charge in [0.1, 0.15) is 5.82 Å². The van der Waals surface area contributed by atoms with Crippen molar-refractivity contribution in [2.75, 3.05) is 11.1 Å². The Balaban J connectivity index is 1.43. The Labute approximate surface area is 167 Å². The Hall–Kier alpha value is -2.12. The van der Waals surface area contributed by atoms with E-state index in [1.54, 1.807) is 11.3 Å². The third kappa shape index (κ3) is 4.25. The minimum atomic E-state index is -0.0115. The number of aryl methyl sites for hydroxylation is 2. The van der Waals surface area contributed by atoms with Gasteiger partial charge in [-0.3, -0.25) is 4.79 Å². The molecule has 0 atom stereocenters. The number of amides is 1. The SMILES string of the molecule is Cc1cccc(C)c1NC(=O)CSc1nnc(Cc2cccs2)n1C1CC1. The molecule has 0 saturated heterocycles. The van der Waals surface area contributed by atoms with E-state index >= 15 is 0 Å². The van der Waals surface area contributed by atoms with E-state index in [-0.39, 0.29) is 5.91 Å². The Morgan fingerprint density at radius 3 is 2.67 bits per heavy atom. The predicted octanol–water partition coefficient (Wildman–Crippen LogP) is 4.61. The molecule has 27 heavy (non-hydrogen) atoms. The van der Waals surface area contributed by atoms with Gasteiger partial charge in [0, 0.05) is 23.0 Å². The van der Waals surface area contributed by atoms with Gasteiger partial charge in [0.25, 0.3) is 0 Å². The van der Waals surface area contributed by atoms with Gasteiger partial charge in [-0.05, 0) is 49.3 Å². The summed E-state index contributed by atoms with van der Waals surface area (Å²) in [4.78, 5) is 13.7. The molecular formula is C20H22N4OS2. The number of nitrogens with one attached hydrogen (secondary N) is 1. The molecule has 2 aromatic heterocycles. The van der Waals surface area contributed by atoms with Gasteiger partial charge in [-0.1, -0.05) is 36.0 Å². The highest BCUT2D eigenvalue weighted by molar-refractivity contribution is 7.99. The first-order chi connectivity index (χ1) is 13.1. The summed E-state index contributed by atoms with van der Waals surface area (Å²) in [5.74, 6) is 1.32. The second-order valence-electron chi connectivity index (χ2n) is 6.86. The molecule has 0 aliphatic heterocycles. The smallest absolute Gasteiger partial charge is 0.234 e. The molecule has 1 amide bonds. The number of para-hydroxylation sites is 1. The minimum Gasteiger partial charge on any atom is -0.325 e. The van der Waals surface area contributed by atoms with Crippen LogP contribution in [0.4, 0.5) is 5.69 Å². The van der Waals surface area contributed by atoms with E-state index in [0.29, 0.717) is 11.8 Å². The Morgan fingerprint density at radius 2 is 2.00 bits per heavy atom. The number of benzene rings is 1. The third-order valence-electron chi connectivity index (χ3n) is 4.64. The standard InChI is InChI=1S/C20H22N4OS2/c1-13-5-3-6-14(2)19(13)21-18(25)12-27-20-23-22-17(24(20)15-8-9-15)11-16-7-4-10-26-16/h3-7,10,15H,8-9,11-12H2,1-2H3,(H,21,25). The van der Waals surface area contributed by atoms with Crippen molar-refractivity contribution in [1.29, 1.82) is 0 Å². The number of carbonyl (C=O) groups excluding carboxylic acids is 1. The van der Waals surface area contributed by atoms with Crippen LogP contribution in [0.5, 0.6) is 0 Å². The molecule has 7 heteroatoms. The van der Waals surface area contributed by atoms with E-state index < -0.39 is 0 Å². The van der Waals surface area contributed by atoms with Gasteiger partial charge >= 0.3 is 0 Å². The molecule has 0 spiro atoms. The van der Waals surface area contributed by atoms with Crippen molar-refractivity contribution >= 4 is 34.7 Å². The van der Waals surface area contributed by atoms with E-state index in [2.05, 4.69) is 37.6 Å². The van der Waals surface area contributed by atoms with E-state index in [1.165, 1.54) is 16.6 Å². The second kappa shape index (κ2) is 7.86. The molecule has 1 fully saturated rings. The lowest BCUT2D eigenvalue weighted by Gasteiger charge is -2.11. The number of hydrogen-bond acceptors (Lipinski definition) is 5. The van der Waals surface area contributed by atoms with Crippen LogP contribution in [0.3, 0.4) is 0 Å². The fourth-order valence-electron chi connectivity index (χ4n) is 3.11. The van der Waals surface area contributed by atoms with Gasteiger partial charge in [0.15, 0.2) is 5.16 Å². The Kier molecular flexibility index (Phi) is 5.31. The van der Waals surface area contributed by atoms with Crippen molar-refractivity contribution in [3.05, 3.63) is 57.5 Å². The number of aromatic nitrogens is 3. The van der Waals surface area contributed by atoms with Crippen molar-refractivity contribution in [2.24, 2.45) is 0 Å². The van der Waals surface area contributed by atoms with Gasteiger partial charge in [-0.2, -0.15) is 0 Å². The van der Waals surface area contributed by atoms with Gasteiger partial charge < -0.3 is 9.88 Å². The zero-order valence-corrected chi connectivity index (χ0v) is 17.1. The molecule has 140 valence electrons. The van der Waals surface area contributed by atoms with Gasteiger partial charge in [0.2, 0.25) is 5.91 Å². The van der Waals surface area contributed by atoms with Crippen molar-refractivity contribution in [3.8, 4) is 0 Å². The van der Waals surface area contributed by atoms with E-state index in [4.69, 9.17) is 0 Å². The molecule has 1 aliphatic rings. The zero-order chi connectivity index (χ0) is 18.8. The first-order valence-electron chi connectivity index (χ1n) is 9.07. The molecule has 2 heterocycles. The van der Waals surface area contributed by atoms with Crippen LogP contribution < -0.4 is 5.32 Å². The molecule has 1 aromatic carbocycles. The summed E-state index contributed by atoms with van der Waals surface area (Å²) in [5, 5.41) is 14.8. The first-order valence-corrected chi connectivity index (χ1v) is 10.9. The summed E-state index contributed by atoms with van der Waals surface area (Å²) >= 11 is 3.21. The Bertz CT molecular complexity index is 925. The summed E-state index contributed by atoms with van der Waals surface area (Å²) in [7, 11) is 0. The number of thiophene rings is 1. The van der Waals surface area contributed by atoms with Crippen LogP contribution in [0, 0.1) is 13.8 Å². The average molecular weight is 399 g/mol. The van der Waals surface area contributed by atoms with Crippen molar-refractivity contribution in [3.63, 3.8) is 0 Å².